The molecule has 1 fully saturated rings. The fourth-order valence-corrected chi connectivity index (χ4v) is 3.78. The molecule has 7 heteroatoms. The highest BCUT2D eigenvalue weighted by Gasteiger charge is 2.28. The van der Waals surface area contributed by atoms with E-state index in [-0.39, 0.29) is 24.2 Å². The molecule has 0 aliphatic carbocycles. The largest absolute Gasteiger partial charge is 0.494 e. The molecule has 1 amide bonds. The van der Waals surface area contributed by atoms with Gasteiger partial charge in [-0.25, -0.2) is 0 Å². The maximum absolute atomic E-state index is 12.4. The molecule has 0 spiro atoms. The number of rotatable bonds is 8. The topological polar surface area (TPSA) is 83.9 Å². The molecule has 1 atom stereocenters. The fraction of sp³-hybridized carbons (Fsp3) is 0.500. The van der Waals surface area contributed by atoms with E-state index in [4.69, 9.17) is 9.84 Å². The molecule has 0 radical (unpaired) electrons. The minimum absolute atomic E-state index is 0.00687. The first kappa shape index (κ1) is 19.3. The Morgan fingerprint density at radius 1 is 1.36 bits per heavy atom. The number of hydrogen-bond acceptors (Lipinski definition) is 5. The van der Waals surface area contributed by atoms with Gasteiger partial charge in [0.15, 0.2) is 5.78 Å². The van der Waals surface area contributed by atoms with E-state index in [1.54, 1.807) is 40.9 Å². The number of carboxylic acids is 1. The minimum atomic E-state index is -0.876. The van der Waals surface area contributed by atoms with E-state index in [1.807, 2.05) is 0 Å². The van der Waals surface area contributed by atoms with E-state index in [2.05, 4.69) is 0 Å². The minimum Gasteiger partial charge on any atom is -0.494 e. The van der Waals surface area contributed by atoms with Crippen LogP contribution in [0.5, 0.6) is 5.75 Å². The van der Waals surface area contributed by atoms with E-state index in [1.165, 1.54) is 6.92 Å². The number of ether oxygens (including phenoxy) is 1. The number of hydrogen-bond donors (Lipinski definition) is 1. The van der Waals surface area contributed by atoms with E-state index in [0.29, 0.717) is 43.1 Å². The standard InChI is InChI=1S/C18H23NO5S/c1-13(20)14-4-2-5-16(10-14)24-8-3-6-17(21)19-7-9-25-12-15(19)11-18(22)23/h2,4-5,10,15H,3,6-9,11-12H2,1H3,(H,22,23). The Morgan fingerprint density at radius 3 is 2.88 bits per heavy atom. The van der Waals surface area contributed by atoms with Crippen LogP contribution in [0, 0.1) is 0 Å². The second-order valence-electron chi connectivity index (χ2n) is 5.95. The molecule has 2 rings (SSSR count). The Kier molecular flexibility index (Phi) is 7.31. The molecule has 6 nitrogen and oxygen atoms in total. The average molecular weight is 365 g/mol. The predicted molar refractivity (Wildman–Crippen MR) is 96.3 cm³/mol. The highest BCUT2D eigenvalue weighted by Crippen LogP contribution is 2.20. The van der Waals surface area contributed by atoms with Gasteiger partial charge in [-0.2, -0.15) is 11.8 Å². The van der Waals surface area contributed by atoms with Crippen molar-refractivity contribution in [1.29, 1.82) is 0 Å². The molecule has 1 saturated heterocycles. The predicted octanol–water partition coefficient (Wildman–Crippen LogP) is 2.47. The van der Waals surface area contributed by atoms with Gasteiger partial charge in [0, 0.05) is 30.0 Å². The molecule has 1 N–H and O–H groups in total. The Balaban J connectivity index is 1.78. The normalized spacial score (nSPS) is 17.2. The molecule has 1 aromatic rings. The van der Waals surface area contributed by atoms with E-state index < -0.39 is 5.97 Å². The molecule has 136 valence electrons. The third-order valence-electron chi connectivity index (χ3n) is 4.00. The van der Waals surface area contributed by atoms with Gasteiger partial charge in [-0.15, -0.1) is 0 Å². The van der Waals surface area contributed by atoms with Crippen molar-refractivity contribution in [2.24, 2.45) is 0 Å². The van der Waals surface area contributed by atoms with E-state index in [9.17, 15) is 14.4 Å². The quantitative estimate of drug-likeness (QED) is 0.563. The van der Waals surface area contributed by atoms with Crippen LogP contribution in [0.25, 0.3) is 0 Å². The summed E-state index contributed by atoms with van der Waals surface area (Å²) in [7, 11) is 0. The van der Waals surface area contributed by atoms with Crippen molar-refractivity contribution in [3.05, 3.63) is 29.8 Å². The summed E-state index contributed by atoms with van der Waals surface area (Å²) in [6.45, 7) is 2.48. The molecule has 25 heavy (non-hydrogen) atoms. The summed E-state index contributed by atoms with van der Waals surface area (Å²) in [5, 5.41) is 8.98. The van der Waals surface area contributed by atoms with Crippen LogP contribution in [-0.2, 0) is 9.59 Å². The van der Waals surface area contributed by atoms with Crippen molar-refractivity contribution in [3.63, 3.8) is 0 Å². The number of amides is 1. The molecular weight excluding hydrogens is 342 g/mol. The van der Waals surface area contributed by atoms with Crippen LogP contribution in [0.2, 0.25) is 0 Å². The van der Waals surface area contributed by atoms with Crippen molar-refractivity contribution in [1.82, 2.24) is 4.90 Å². The maximum Gasteiger partial charge on any atom is 0.305 e. The number of nitrogens with zero attached hydrogens (tertiary/aromatic N) is 1. The lowest BCUT2D eigenvalue weighted by Crippen LogP contribution is -2.47. The SMILES string of the molecule is CC(=O)c1cccc(OCCCC(=O)N2CCSCC2CC(=O)O)c1. The van der Waals surface area contributed by atoms with Gasteiger partial charge < -0.3 is 14.7 Å². The zero-order valence-corrected chi connectivity index (χ0v) is 15.1. The number of aliphatic carboxylic acids is 1. The second kappa shape index (κ2) is 9.46. The van der Waals surface area contributed by atoms with Gasteiger partial charge in [-0.3, -0.25) is 14.4 Å². The lowest BCUT2D eigenvalue weighted by atomic mass is 10.1. The Morgan fingerprint density at radius 2 is 2.16 bits per heavy atom. The van der Waals surface area contributed by atoms with Gasteiger partial charge >= 0.3 is 5.97 Å². The van der Waals surface area contributed by atoms with Crippen LogP contribution in [0.1, 0.15) is 36.5 Å². The lowest BCUT2D eigenvalue weighted by molar-refractivity contribution is -0.140. The second-order valence-corrected chi connectivity index (χ2v) is 7.10. The van der Waals surface area contributed by atoms with E-state index in [0.717, 1.165) is 5.75 Å². The summed E-state index contributed by atoms with van der Waals surface area (Å²) in [6, 6.07) is 6.74. The molecular formula is C18H23NO5S. The van der Waals surface area contributed by atoms with Gasteiger partial charge in [0.2, 0.25) is 5.91 Å². The number of benzene rings is 1. The molecule has 1 aliphatic heterocycles. The van der Waals surface area contributed by atoms with Crippen molar-refractivity contribution < 1.29 is 24.2 Å². The van der Waals surface area contributed by atoms with Crippen LogP contribution in [0.4, 0.5) is 0 Å². The third kappa shape index (κ3) is 6.08. The average Bonchev–Trinajstić information content (AvgIpc) is 2.58. The number of thioether (sulfide) groups is 1. The Hall–Kier alpha value is -2.02. The molecule has 1 heterocycles. The Bertz CT molecular complexity index is 634. The van der Waals surface area contributed by atoms with Crippen LogP contribution < -0.4 is 4.74 Å². The zero-order valence-electron chi connectivity index (χ0n) is 14.3. The summed E-state index contributed by atoms with van der Waals surface area (Å²) in [4.78, 5) is 36.4. The smallest absolute Gasteiger partial charge is 0.305 e. The van der Waals surface area contributed by atoms with Crippen LogP contribution in [0.15, 0.2) is 24.3 Å². The molecule has 0 bridgehead atoms. The number of Topliss-reactive ketones (excluding diaryl/α,β-unsaturated/α-hetero) is 1. The monoisotopic (exact) mass is 365 g/mol. The summed E-state index contributed by atoms with van der Waals surface area (Å²) in [6.07, 6.45) is 0.868. The summed E-state index contributed by atoms with van der Waals surface area (Å²) in [5.74, 6) is 1.21. The van der Waals surface area contributed by atoms with Gasteiger partial charge in [-0.05, 0) is 25.5 Å². The van der Waals surface area contributed by atoms with Gasteiger partial charge in [0.25, 0.3) is 0 Å². The zero-order chi connectivity index (χ0) is 18.2. The van der Waals surface area contributed by atoms with Crippen molar-refractivity contribution in [2.75, 3.05) is 24.7 Å². The molecule has 0 aromatic heterocycles. The molecule has 1 aromatic carbocycles. The molecule has 1 unspecified atom stereocenters. The van der Waals surface area contributed by atoms with Crippen molar-refractivity contribution in [2.45, 2.75) is 32.2 Å². The molecule has 1 aliphatic rings. The van der Waals surface area contributed by atoms with Crippen LogP contribution >= 0.6 is 11.8 Å². The number of carbonyl (C=O) groups is 3. The number of carbonyl (C=O) groups excluding carboxylic acids is 2. The van der Waals surface area contributed by atoms with Crippen LogP contribution in [-0.4, -0.2) is 58.4 Å². The highest BCUT2D eigenvalue weighted by molar-refractivity contribution is 7.99. The van der Waals surface area contributed by atoms with Crippen LogP contribution in [0.3, 0.4) is 0 Å². The molecule has 0 saturated carbocycles. The van der Waals surface area contributed by atoms with Gasteiger partial charge in [0.05, 0.1) is 19.1 Å². The first-order valence-corrected chi connectivity index (χ1v) is 9.45. The lowest BCUT2D eigenvalue weighted by Gasteiger charge is -2.34. The summed E-state index contributed by atoms with van der Waals surface area (Å²) >= 11 is 1.69. The van der Waals surface area contributed by atoms with Gasteiger partial charge in [0.1, 0.15) is 5.75 Å². The van der Waals surface area contributed by atoms with Crippen molar-refractivity contribution in [3.8, 4) is 5.75 Å². The van der Waals surface area contributed by atoms with Crippen molar-refractivity contribution >= 4 is 29.4 Å². The first-order valence-electron chi connectivity index (χ1n) is 8.30. The summed E-state index contributed by atoms with van der Waals surface area (Å²) in [5.41, 5.74) is 0.593. The number of carboxylic acid groups (broad SMARTS) is 1. The highest BCUT2D eigenvalue weighted by atomic mass is 32.2. The summed E-state index contributed by atoms with van der Waals surface area (Å²) < 4.78 is 5.60. The third-order valence-corrected chi connectivity index (χ3v) is 5.09. The number of ketones is 1. The first-order chi connectivity index (χ1) is 12.0. The maximum atomic E-state index is 12.4. The Labute approximate surface area is 151 Å². The van der Waals surface area contributed by atoms with E-state index >= 15 is 0 Å². The van der Waals surface area contributed by atoms with Gasteiger partial charge in [-0.1, -0.05) is 12.1 Å². The fourth-order valence-electron chi connectivity index (χ4n) is 2.72.